The van der Waals surface area contributed by atoms with E-state index in [4.69, 9.17) is 5.73 Å². The standard InChI is InChI=1S/C15H28N2/c16-8-14-5-2-6-15(14)11-17-9-12-3-1-4-13(7-12)10-17/h12-15H,1-11,16H2. The van der Waals surface area contributed by atoms with Crippen LogP contribution in [0.15, 0.2) is 0 Å². The van der Waals surface area contributed by atoms with Crippen LogP contribution in [0.4, 0.5) is 0 Å². The van der Waals surface area contributed by atoms with E-state index in [1.165, 1.54) is 64.6 Å². The van der Waals surface area contributed by atoms with Crippen LogP contribution < -0.4 is 5.73 Å². The van der Waals surface area contributed by atoms with Crippen molar-refractivity contribution < 1.29 is 0 Å². The van der Waals surface area contributed by atoms with Gasteiger partial charge in [-0.2, -0.15) is 0 Å². The molecule has 0 radical (unpaired) electrons. The van der Waals surface area contributed by atoms with Crippen molar-refractivity contribution in [3.8, 4) is 0 Å². The second-order valence-corrected chi connectivity index (χ2v) is 6.80. The normalized spacial score (nSPS) is 42.9. The largest absolute Gasteiger partial charge is 0.330 e. The topological polar surface area (TPSA) is 29.3 Å². The Bertz CT molecular complexity index is 241. The highest BCUT2D eigenvalue weighted by molar-refractivity contribution is 4.87. The summed E-state index contributed by atoms with van der Waals surface area (Å²) in [6, 6.07) is 0. The third kappa shape index (κ3) is 2.68. The maximum absolute atomic E-state index is 5.90. The molecule has 0 aromatic rings. The molecule has 4 atom stereocenters. The Morgan fingerprint density at radius 2 is 1.53 bits per heavy atom. The summed E-state index contributed by atoms with van der Waals surface area (Å²) in [7, 11) is 0. The molecular formula is C15H28N2. The molecule has 0 aromatic carbocycles. The molecule has 2 N–H and O–H groups in total. The molecule has 3 rings (SSSR count). The summed E-state index contributed by atoms with van der Waals surface area (Å²) in [5, 5.41) is 0. The van der Waals surface area contributed by atoms with Gasteiger partial charge in [0.05, 0.1) is 0 Å². The van der Waals surface area contributed by atoms with E-state index in [0.717, 1.165) is 30.2 Å². The molecule has 2 heteroatoms. The predicted molar refractivity (Wildman–Crippen MR) is 71.8 cm³/mol. The molecule has 4 unspecified atom stereocenters. The van der Waals surface area contributed by atoms with Crippen molar-refractivity contribution in [2.24, 2.45) is 29.4 Å². The third-order valence-corrected chi connectivity index (χ3v) is 5.54. The Balaban J connectivity index is 1.54. The van der Waals surface area contributed by atoms with E-state index in [-0.39, 0.29) is 0 Å². The second kappa shape index (κ2) is 5.27. The fourth-order valence-electron chi connectivity index (χ4n) is 4.68. The van der Waals surface area contributed by atoms with Gasteiger partial charge in [-0.25, -0.2) is 0 Å². The van der Waals surface area contributed by atoms with Crippen LogP contribution in [0.5, 0.6) is 0 Å². The zero-order valence-corrected chi connectivity index (χ0v) is 11.1. The van der Waals surface area contributed by atoms with Gasteiger partial charge >= 0.3 is 0 Å². The Hall–Kier alpha value is -0.0800. The highest BCUT2D eigenvalue weighted by atomic mass is 15.1. The number of piperidine rings is 1. The van der Waals surface area contributed by atoms with E-state index < -0.39 is 0 Å². The number of likely N-dealkylation sites (tertiary alicyclic amines) is 1. The molecule has 1 saturated heterocycles. The lowest BCUT2D eigenvalue weighted by Gasteiger charge is -2.42. The monoisotopic (exact) mass is 236 g/mol. The van der Waals surface area contributed by atoms with E-state index in [1.54, 1.807) is 0 Å². The van der Waals surface area contributed by atoms with E-state index in [9.17, 15) is 0 Å². The maximum Gasteiger partial charge on any atom is 0.00130 e. The number of nitrogens with two attached hydrogens (primary N) is 1. The zero-order chi connectivity index (χ0) is 11.7. The average molecular weight is 236 g/mol. The van der Waals surface area contributed by atoms with Crippen molar-refractivity contribution >= 4 is 0 Å². The van der Waals surface area contributed by atoms with Crippen LogP contribution in [0.25, 0.3) is 0 Å². The van der Waals surface area contributed by atoms with Crippen LogP contribution in [0.2, 0.25) is 0 Å². The van der Waals surface area contributed by atoms with Gasteiger partial charge in [0.2, 0.25) is 0 Å². The first-order chi connectivity index (χ1) is 8.35. The fraction of sp³-hybridized carbons (Fsp3) is 1.00. The molecule has 2 nitrogen and oxygen atoms in total. The molecule has 98 valence electrons. The first-order valence-electron chi connectivity index (χ1n) is 7.77. The number of hydrogen-bond acceptors (Lipinski definition) is 2. The maximum atomic E-state index is 5.90. The molecule has 2 aliphatic carbocycles. The fourth-order valence-corrected chi connectivity index (χ4v) is 4.68. The number of fused-ring (bicyclic) bond motifs is 2. The number of rotatable bonds is 3. The average Bonchev–Trinajstić information content (AvgIpc) is 2.76. The van der Waals surface area contributed by atoms with Gasteiger partial charge in [0, 0.05) is 19.6 Å². The quantitative estimate of drug-likeness (QED) is 0.816. The van der Waals surface area contributed by atoms with Crippen LogP contribution in [0.3, 0.4) is 0 Å². The number of hydrogen-bond donors (Lipinski definition) is 1. The van der Waals surface area contributed by atoms with E-state index >= 15 is 0 Å². The minimum Gasteiger partial charge on any atom is -0.330 e. The molecule has 3 fully saturated rings. The molecule has 0 aromatic heterocycles. The van der Waals surface area contributed by atoms with Gasteiger partial charge in [0.1, 0.15) is 0 Å². The molecule has 0 amide bonds. The summed E-state index contributed by atoms with van der Waals surface area (Å²) in [5.41, 5.74) is 5.90. The van der Waals surface area contributed by atoms with Gasteiger partial charge < -0.3 is 10.6 Å². The van der Waals surface area contributed by atoms with Gasteiger partial charge in [-0.3, -0.25) is 0 Å². The molecule has 2 saturated carbocycles. The van der Waals surface area contributed by atoms with E-state index in [1.807, 2.05) is 0 Å². The molecule has 17 heavy (non-hydrogen) atoms. The summed E-state index contributed by atoms with van der Waals surface area (Å²) in [4.78, 5) is 2.79. The van der Waals surface area contributed by atoms with E-state index in [2.05, 4.69) is 4.90 Å². The highest BCUT2D eigenvalue weighted by Gasteiger charge is 2.33. The lowest BCUT2D eigenvalue weighted by atomic mass is 9.77. The van der Waals surface area contributed by atoms with Crippen molar-refractivity contribution in [2.45, 2.75) is 44.9 Å². The molecular weight excluding hydrogens is 208 g/mol. The lowest BCUT2D eigenvalue weighted by molar-refractivity contribution is 0.0687. The van der Waals surface area contributed by atoms with Crippen molar-refractivity contribution in [3.63, 3.8) is 0 Å². The summed E-state index contributed by atoms with van der Waals surface area (Å²) < 4.78 is 0. The van der Waals surface area contributed by atoms with Crippen LogP contribution in [0.1, 0.15) is 44.9 Å². The van der Waals surface area contributed by atoms with Crippen molar-refractivity contribution in [1.29, 1.82) is 0 Å². The predicted octanol–water partition coefficient (Wildman–Crippen LogP) is 2.48. The Morgan fingerprint density at radius 1 is 0.882 bits per heavy atom. The highest BCUT2D eigenvalue weighted by Crippen LogP contribution is 2.37. The van der Waals surface area contributed by atoms with Gasteiger partial charge in [-0.1, -0.05) is 12.8 Å². The van der Waals surface area contributed by atoms with Crippen molar-refractivity contribution in [1.82, 2.24) is 4.90 Å². The molecule has 1 aliphatic heterocycles. The minimum atomic E-state index is 0.830. The lowest BCUT2D eigenvalue weighted by Crippen LogP contribution is -2.45. The molecule has 0 spiro atoms. The summed E-state index contributed by atoms with van der Waals surface area (Å²) >= 11 is 0. The SMILES string of the molecule is NCC1CCCC1CN1CC2CCCC(C2)C1. The van der Waals surface area contributed by atoms with Gasteiger partial charge in [-0.15, -0.1) is 0 Å². The third-order valence-electron chi connectivity index (χ3n) is 5.54. The Labute approximate surface area is 106 Å². The van der Waals surface area contributed by atoms with Crippen LogP contribution >= 0.6 is 0 Å². The minimum absolute atomic E-state index is 0.830. The van der Waals surface area contributed by atoms with Crippen LogP contribution in [-0.2, 0) is 0 Å². The van der Waals surface area contributed by atoms with Gasteiger partial charge in [0.25, 0.3) is 0 Å². The summed E-state index contributed by atoms with van der Waals surface area (Å²) in [6.07, 6.45) is 10.3. The summed E-state index contributed by atoms with van der Waals surface area (Å²) in [6.45, 7) is 5.06. The number of nitrogens with zero attached hydrogens (tertiary/aromatic N) is 1. The first kappa shape index (κ1) is 12.0. The van der Waals surface area contributed by atoms with Crippen molar-refractivity contribution in [2.75, 3.05) is 26.2 Å². The first-order valence-corrected chi connectivity index (χ1v) is 7.77. The van der Waals surface area contributed by atoms with Crippen molar-refractivity contribution in [3.05, 3.63) is 0 Å². The van der Waals surface area contributed by atoms with E-state index in [0.29, 0.717) is 0 Å². The van der Waals surface area contributed by atoms with Gasteiger partial charge in [-0.05, 0) is 62.3 Å². The molecule has 2 bridgehead atoms. The second-order valence-electron chi connectivity index (χ2n) is 6.80. The smallest absolute Gasteiger partial charge is 0.00130 e. The Kier molecular flexibility index (Phi) is 3.72. The summed E-state index contributed by atoms with van der Waals surface area (Å²) in [5.74, 6) is 3.80. The van der Waals surface area contributed by atoms with Crippen LogP contribution in [-0.4, -0.2) is 31.1 Å². The zero-order valence-electron chi connectivity index (χ0n) is 11.1. The molecule has 1 heterocycles. The van der Waals surface area contributed by atoms with Crippen LogP contribution in [0, 0.1) is 23.7 Å². The van der Waals surface area contributed by atoms with Gasteiger partial charge in [0.15, 0.2) is 0 Å². The Morgan fingerprint density at radius 3 is 2.24 bits per heavy atom. The molecule has 3 aliphatic rings.